The average molecular weight is 346 g/mol. The van der Waals surface area contributed by atoms with Gasteiger partial charge in [-0.05, 0) is 50.5 Å². The fourth-order valence-electron chi connectivity index (χ4n) is 3.11. The van der Waals surface area contributed by atoms with Crippen molar-refractivity contribution in [2.45, 2.75) is 31.8 Å². The quantitative estimate of drug-likeness (QED) is 0.647. The normalized spacial score (nSPS) is 16.5. The summed E-state index contributed by atoms with van der Waals surface area (Å²) in [5.74, 6) is 0.0279. The second-order valence-electron chi connectivity index (χ2n) is 6.19. The van der Waals surface area contributed by atoms with Gasteiger partial charge in [0.05, 0.1) is 10.6 Å². The molecule has 1 aliphatic carbocycles. The van der Waals surface area contributed by atoms with E-state index in [0.29, 0.717) is 10.6 Å². The lowest BCUT2D eigenvalue weighted by Gasteiger charge is -2.35. The monoisotopic (exact) mass is 345 g/mol. The fourth-order valence-corrected chi connectivity index (χ4v) is 4.62. The van der Waals surface area contributed by atoms with Crippen molar-refractivity contribution in [1.29, 1.82) is 0 Å². The van der Waals surface area contributed by atoms with Crippen molar-refractivity contribution in [3.63, 3.8) is 0 Å². The molecule has 0 amide bonds. The average Bonchev–Trinajstić information content (AvgIpc) is 3.10. The van der Waals surface area contributed by atoms with Gasteiger partial charge in [-0.25, -0.2) is 0 Å². The van der Waals surface area contributed by atoms with Gasteiger partial charge < -0.3 is 10.1 Å². The first kappa shape index (κ1) is 14.9. The summed E-state index contributed by atoms with van der Waals surface area (Å²) in [5, 5.41) is 12.0. The third-order valence-corrected chi connectivity index (χ3v) is 6.28. The van der Waals surface area contributed by atoms with E-state index in [1.165, 1.54) is 0 Å². The van der Waals surface area contributed by atoms with E-state index in [0.717, 1.165) is 45.5 Å². The summed E-state index contributed by atoms with van der Waals surface area (Å²) in [6.45, 7) is 1.56. The molecule has 0 aliphatic heterocycles. The molecule has 2 heterocycles. The molecule has 3 aromatic rings. The maximum absolute atomic E-state index is 11.8. The predicted octanol–water partition coefficient (Wildman–Crippen LogP) is 5.12. The molecule has 0 bridgehead atoms. The molecule has 23 heavy (non-hydrogen) atoms. The van der Waals surface area contributed by atoms with Gasteiger partial charge in [0.25, 0.3) is 0 Å². The number of hydrogen-bond acceptors (Lipinski definition) is 3. The molecule has 2 N–H and O–H groups in total. The standard InChI is InChI=1S/C18H16ClNO2S/c1-10(21)13-9-20-15-8-14(19)12(7-11(13)15)16-3-4-17(23-16)18(22)5-2-6-18/h3-4,7-9,20,22H,2,5-6H2,1H3. The lowest BCUT2D eigenvalue weighted by atomic mass is 9.79. The van der Waals surface area contributed by atoms with Crippen molar-refractivity contribution >= 4 is 39.6 Å². The Balaban J connectivity index is 1.83. The molecule has 0 atom stereocenters. The number of rotatable bonds is 3. The van der Waals surface area contributed by atoms with Crippen LogP contribution in [0.5, 0.6) is 0 Å². The number of nitrogens with one attached hydrogen (secondary N) is 1. The lowest BCUT2D eigenvalue weighted by Crippen LogP contribution is -2.32. The summed E-state index contributed by atoms with van der Waals surface area (Å²) in [6, 6.07) is 7.81. The van der Waals surface area contributed by atoms with Crippen LogP contribution in [0.3, 0.4) is 0 Å². The Bertz CT molecular complexity index is 920. The number of benzene rings is 1. The zero-order chi connectivity index (χ0) is 16.2. The SMILES string of the molecule is CC(=O)c1c[nH]c2cc(Cl)c(-c3ccc(C4(O)CCC4)s3)cc12. The van der Waals surface area contributed by atoms with Gasteiger partial charge in [-0.1, -0.05) is 11.6 Å². The number of H-pyrrole nitrogens is 1. The van der Waals surface area contributed by atoms with Crippen LogP contribution in [0.4, 0.5) is 0 Å². The number of carbonyl (C=O) groups is 1. The van der Waals surface area contributed by atoms with E-state index in [4.69, 9.17) is 11.6 Å². The van der Waals surface area contributed by atoms with Crippen LogP contribution in [0, 0.1) is 0 Å². The van der Waals surface area contributed by atoms with E-state index < -0.39 is 5.60 Å². The van der Waals surface area contributed by atoms with Crippen molar-refractivity contribution in [2.75, 3.05) is 0 Å². The molecule has 1 aliphatic rings. The number of aliphatic hydroxyl groups is 1. The third-order valence-electron chi connectivity index (χ3n) is 4.66. The third kappa shape index (κ3) is 2.33. The van der Waals surface area contributed by atoms with Gasteiger partial charge in [0, 0.05) is 38.0 Å². The topological polar surface area (TPSA) is 53.1 Å². The van der Waals surface area contributed by atoms with E-state index in [-0.39, 0.29) is 5.78 Å². The molecule has 118 valence electrons. The molecule has 5 heteroatoms. The van der Waals surface area contributed by atoms with Crippen LogP contribution in [0.25, 0.3) is 21.3 Å². The number of thiophene rings is 1. The van der Waals surface area contributed by atoms with Crippen LogP contribution in [0.15, 0.2) is 30.5 Å². The molecule has 4 rings (SSSR count). The largest absolute Gasteiger partial charge is 0.384 e. The number of carbonyl (C=O) groups excluding carboxylic acids is 1. The summed E-state index contributed by atoms with van der Waals surface area (Å²) < 4.78 is 0. The van der Waals surface area contributed by atoms with Gasteiger partial charge in [0.15, 0.2) is 5.78 Å². The molecule has 0 unspecified atom stereocenters. The van der Waals surface area contributed by atoms with Crippen LogP contribution in [-0.4, -0.2) is 15.9 Å². The zero-order valence-corrected chi connectivity index (χ0v) is 14.2. The van der Waals surface area contributed by atoms with Crippen molar-refractivity contribution in [2.24, 2.45) is 0 Å². The molecule has 3 nitrogen and oxygen atoms in total. The molecular weight excluding hydrogens is 330 g/mol. The smallest absolute Gasteiger partial charge is 0.161 e. The Hall–Kier alpha value is -1.62. The van der Waals surface area contributed by atoms with Crippen molar-refractivity contribution in [3.8, 4) is 10.4 Å². The number of hydrogen-bond donors (Lipinski definition) is 2. The number of aromatic amines is 1. The molecule has 0 radical (unpaired) electrons. The van der Waals surface area contributed by atoms with Gasteiger partial charge in [-0.3, -0.25) is 4.79 Å². The van der Waals surface area contributed by atoms with Gasteiger partial charge in [-0.15, -0.1) is 11.3 Å². The highest BCUT2D eigenvalue weighted by Crippen LogP contribution is 2.46. The Morgan fingerprint density at radius 2 is 2.13 bits per heavy atom. The van der Waals surface area contributed by atoms with E-state index >= 15 is 0 Å². The van der Waals surface area contributed by atoms with Gasteiger partial charge >= 0.3 is 0 Å². The number of aromatic nitrogens is 1. The first-order chi connectivity index (χ1) is 11.0. The Morgan fingerprint density at radius 3 is 2.78 bits per heavy atom. The summed E-state index contributed by atoms with van der Waals surface area (Å²) in [7, 11) is 0. The number of ketones is 1. The minimum absolute atomic E-state index is 0.0279. The maximum atomic E-state index is 11.8. The minimum Gasteiger partial charge on any atom is -0.384 e. The van der Waals surface area contributed by atoms with E-state index in [1.807, 2.05) is 24.3 Å². The second kappa shape index (κ2) is 5.20. The number of halogens is 1. The van der Waals surface area contributed by atoms with Crippen LogP contribution >= 0.6 is 22.9 Å². The molecule has 2 aromatic heterocycles. The lowest BCUT2D eigenvalue weighted by molar-refractivity contribution is -0.0354. The second-order valence-corrected chi connectivity index (χ2v) is 7.68. The van der Waals surface area contributed by atoms with Crippen LogP contribution in [0.2, 0.25) is 5.02 Å². The molecule has 1 fully saturated rings. The number of Topliss-reactive ketones (excluding diaryl/α,β-unsaturated/α-hetero) is 1. The van der Waals surface area contributed by atoms with E-state index in [9.17, 15) is 9.90 Å². The highest BCUT2D eigenvalue weighted by atomic mass is 35.5. The van der Waals surface area contributed by atoms with Crippen molar-refractivity contribution in [1.82, 2.24) is 4.98 Å². The van der Waals surface area contributed by atoms with Crippen molar-refractivity contribution in [3.05, 3.63) is 45.9 Å². The highest BCUT2D eigenvalue weighted by molar-refractivity contribution is 7.15. The molecule has 0 spiro atoms. The maximum Gasteiger partial charge on any atom is 0.161 e. The molecule has 1 saturated carbocycles. The van der Waals surface area contributed by atoms with Gasteiger partial charge in [0.2, 0.25) is 0 Å². The van der Waals surface area contributed by atoms with Gasteiger partial charge in [0.1, 0.15) is 0 Å². The minimum atomic E-state index is -0.655. The Morgan fingerprint density at radius 1 is 1.35 bits per heavy atom. The predicted molar refractivity (Wildman–Crippen MR) is 94.4 cm³/mol. The summed E-state index contributed by atoms with van der Waals surface area (Å²) >= 11 is 8.02. The van der Waals surface area contributed by atoms with Crippen LogP contribution in [0.1, 0.15) is 41.4 Å². The Labute approximate surface area is 142 Å². The summed E-state index contributed by atoms with van der Waals surface area (Å²) in [5.41, 5.74) is 1.78. The Kier molecular flexibility index (Phi) is 3.38. The molecular formula is C18H16ClNO2S. The summed E-state index contributed by atoms with van der Waals surface area (Å²) in [4.78, 5) is 16.9. The molecule has 1 aromatic carbocycles. The van der Waals surface area contributed by atoms with Crippen LogP contribution in [-0.2, 0) is 5.60 Å². The van der Waals surface area contributed by atoms with Crippen molar-refractivity contribution < 1.29 is 9.90 Å². The number of fused-ring (bicyclic) bond motifs is 1. The first-order valence-corrected chi connectivity index (χ1v) is 8.82. The summed E-state index contributed by atoms with van der Waals surface area (Å²) in [6.07, 6.45) is 4.45. The fraction of sp³-hybridized carbons (Fsp3) is 0.278. The van der Waals surface area contributed by atoms with E-state index in [1.54, 1.807) is 24.5 Å². The zero-order valence-electron chi connectivity index (χ0n) is 12.6. The van der Waals surface area contributed by atoms with Crippen LogP contribution < -0.4 is 0 Å². The van der Waals surface area contributed by atoms with E-state index in [2.05, 4.69) is 4.98 Å². The van der Waals surface area contributed by atoms with Gasteiger partial charge in [-0.2, -0.15) is 0 Å². The first-order valence-electron chi connectivity index (χ1n) is 7.62. The molecule has 0 saturated heterocycles. The highest BCUT2D eigenvalue weighted by Gasteiger charge is 2.37.